The number of thiocarbonyl (C=S) groups is 1. The van der Waals surface area contributed by atoms with E-state index in [-0.39, 0.29) is 11.1 Å². The summed E-state index contributed by atoms with van der Waals surface area (Å²) in [5.74, 6) is -0.989. The highest BCUT2D eigenvalue weighted by molar-refractivity contribution is 7.82. The lowest BCUT2D eigenvalue weighted by Crippen LogP contribution is -2.39. The van der Waals surface area contributed by atoms with Crippen LogP contribution in [-0.2, 0) is 17.1 Å². The van der Waals surface area contributed by atoms with Gasteiger partial charge in [0.25, 0.3) is 5.91 Å². The Balaban J connectivity index is 2.87. The van der Waals surface area contributed by atoms with Crippen molar-refractivity contribution < 1.29 is 31.1 Å². The van der Waals surface area contributed by atoms with E-state index in [1.54, 1.807) is 0 Å². The van der Waals surface area contributed by atoms with Gasteiger partial charge >= 0.3 is 12.4 Å². The Labute approximate surface area is 157 Å². The van der Waals surface area contributed by atoms with Crippen LogP contribution < -0.4 is 10.6 Å². The molecule has 27 heavy (non-hydrogen) atoms. The maximum absolute atomic E-state index is 12.8. The molecular weight excluding hydrogens is 396 g/mol. The molecule has 1 aromatic carbocycles. The maximum Gasteiger partial charge on any atom is 0.416 e. The molecule has 2 N–H and O–H groups in total. The number of rotatable bonds is 6. The topological polar surface area (TPSA) is 44.4 Å². The lowest BCUT2D eigenvalue weighted by Gasteiger charge is -2.18. The van der Waals surface area contributed by atoms with Gasteiger partial charge in [-0.3, -0.25) is 4.79 Å². The van der Waals surface area contributed by atoms with Gasteiger partial charge in [0.1, 0.15) is 0 Å². The number of carbonyl (C=O) groups is 1. The van der Waals surface area contributed by atoms with Gasteiger partial charge in [-0.1, -0.05) is 26.1 Å². The van der Waals surface area contributed by atoms with Crippen LogP contribution in [0.15, 0.2) is 18.2 Å². The van der Waals surface area contributed by atoms with Gasteiger partial charge in [0.15, 0.2) is 4.99 Å². The van der Waals surface area contributed by atoms with Gasteiger partial charge in [-0.25, -0.2) is 0 Å². The van der Waals surface area contributed by atoms with Gasteiger partial charge in [-0.2, -0.15) is 26.3 Å². The van der Waals surface area contributed by atoms with E-state index in [1.807, 2.05) is 24.1 Å². The summed E-state index contributed by atoms with van der Waals surface area (Å²) in [6.45, 7) is 6.33. The third-order valence-electron chi connectivity index (χ3n) is 3.66. The molecule has 0 radical (unpaired) electrons. The molecule has 0 aliphatic rings. The number of amides is 1. The van der Waals surface area contributed by atoms with Gasteiger partial charge in [-0.05, 0) is 31.3 Å². The van der Waals surface area contributed by atoms with Crippen molar-refractivity contribution in [3.8, 4) is 0 Å². The van der Waals surface area contributed by atoms with Crippen LogP contribution in [0.25, 0.3) is 0 Å². The number of nitrogens with one attached hydrogen (secondary N) is 2. The minimum absolute atomic E-state index is 0.0175. The summed E-state index contributed by atoms with van der Waals surface area (Å²) in [6.07, 6.45) is -9.99. The van der Waals surface area contributed by atoms with E-state index < -0.39 is 35.1 Å². The van der Waals surface area contributed by atoms with E-state index in [2.05, 4.69) is 5.32 Å². The number of alkyl halides is 6. The molecule has 0 bridgehead atoms. The largest absolute Gasteiger partial charge is 0.416 e. The molecule has 0 spiro atoms. The average Bonchev–Trinajstić information content (AvgIpc) is 2.56. The molecule has 0 saturated carbocycles. The molecule has 152 valence electrons. The summed E-state index contributed by atoms with van der Waals surface area (Å²) < 4.78 is 76.9. The van der Waals surface area contributed by atoms with Crippen LogP contribution >= 0.6 is 12.2 Å². The fraction of sp³-hybridized carbons (Fsp3) is 0.500. The van der Waals surface area contributed by atoms with Gasteiger partial charge < -0.3 is 15.5 Å². The minimum Gasteiger partial charge on any atom is -0.370 e. The lowest BCUT2D eigenvalue weighted by atomic mass is 10.1. The van der Waals surface area contributed by atoms with Crippen LogP contribution in [0.5, 0.6) is 0 Å². The van der Waals surface area contributed by atoms with Gasteiger partial charge in [0, 0.05) is 18.8 Å². The van der Waals surface area contributed by atoms with Gasteiger partial charge in [0.05, 0.1) is 11.1 Å². The Hall–Kier alpha value is -1.88. The quantitative estimate of drug-likeness (QED) is 0.546. The lowest BCUT2D eigenvalue weighted by molar-refractivity contribution is -0.143. The molecule has 0 atom stereocenters. The molecular formula is C16H19F6N3OS. The van der Waals surface area contributed by atoms with Crippen molar-refractivity contribution in [1.29, 1.82) is 0 Å². The molecule has 0 aromatic heterocycles. The number of benzene rings is 1. The van der Waals surface area contributed by atoms with Crippen molar-refractivity contribution in [2.75, 3.05) is 31.5 Å². The number of likely N-dealkylation sites (N-methyl/N-ethyl adjacent to an activating group) is 1. The van der Waals surface area contributed by atoms with Crippen LogP contribution in [-0.4, -0.2) is 42.0 Å². The first-order valence-electron chi connectivity index (χ1n) is 7.99. The first kappa shape index (κ1) is 23.2. The summed E-state index contributed by atoms with van der Waals surface area (Å²) in [4.78, 5) is 13.7. The van der Waals surface area contributed by atoms with Gasteiger partial charge in [0.2, 0.25) is 0 Å². The monoisotopic (exact) mass is 415 g/mol. The maximum atomic E-state index is 12.8. The Morgan fingerprint density at radius 2 is 1.48 bits per heavy atom. The molecule has 4 nitrogen and oxygen atoms in total. The predicted octanol–water partition coefficient (Wildman–Crippen LogP) is 3.92. The molecule has 11 heteroatoms. The first-order chi connectivity index (χ1) is 12.4. The summed E-state index contributed by atoms with van der Waals surface area (Å²) in [5, 5.41) is 4.60. The molecule has 0 aliphatic carbocycles. The number of hydrogen-bond acceptors (Lipinski definition) is 3. The third-order valence-corrected chi connectivity index (χ3v) is 3.99. The zero-order chi connectivity index (χ0) is 20.8. The molecule has 1 amide bonds. The van der Waals surface area contributed by atoms with E-state index in [9.17, 15) is 31.1 Å². The van der Waals surface area contributed by atoms with Crippen LogP contribution in [0.4, 0.5) is 32.0 Å². The second-order valence-electron chi connectivity index (χ2n) is 5.53. The van der Waals surface area contributed by atoms with Crippen molar-refractivity contribution in [2.24, 2.45) is 0 Å². The zero-order valence-electron chi connectivity index (χ0n) is 14.6. The van der Waals surface area contributed by atoms with Crippen LogP contribution in [0, 0.1) is 0 Å². The predicted molar refractivity (Wildman–Crippen MR) is 93.5 cm³/mol. The molecule has 0 saturated heterocycles. The number of halogens is 6. The minimum atomic E-state index is -5.00. The van der Waals surface area contributed by atoms with Crippen molar-refractivity contribution in [3.05, 3.63) is 29.3 Å². The van der Waals surface area contributed by atoms with Crippen LogP contribution in [0.1, 0.15) is 25.0 Å². The fourth-order valence-electron chi connectivity index (χ4n) is 2.16. The van der Waals surface area contributed by atoms with E-state index in [0.29, 0.717) is 25.2 Å². The van der Waals surface area contributed by atoms with Crippen molar-refractivity contribution >= 4 is 28.8 Å². The molecule has 0 unspecified atom stereocenters. The molecule has 0 heterocycles. The number of nitrogens with zero attached hydrogens (tertiary/aromatic N) is 1. The summed E-state index contributed by atoms with van der Waals surface area (Å²) in [6, 6.07) is 0.827. The first-order valence-corrected chi connectivity index (χ1v) is 8.40. The second-order valence-corrected chi connectivity index (χ2v) is 5.94. The molecule has 1 rings (SSSR count). The van der Waals surface area contributed by atoms with Crippen LogP contribution in [0.3, 0.4) is 0 Å². The Bertz CT molecular complexity index is 639. The van der Waals surface area contributed by atoms with Crippen molar-refractivity contribution in [1.82, 2.24) is 10.2 Å². The Morgan fingerprint density at radius 3 is 1.89 bits per heavy atom. The standard InChI is InChI=1S/C16H19F6N3OS/c1-3-25(4-2)6-5-23-14(27)13(26)24-12-8-10(15(17,18)19)7-11(9-12)16(20,21)22/h7-9H,3-6H2,1-2H3,(H,23,27)(H,24,26). The summed E-state index contributed by atoms with van der Waals surface area (Å²) in [7, 11) is 0. The Morgan fingerprint density at radius 1 is 1.00 bits per heavy atom. The summed E-state index contributed by atoms with van der Waals surface area (Å²) >= 11 is 4.83. The van der Waals surface area contributed by atoms with E-state index >= 15 is 0 Å². The smallest absolute Gasteiger partial charge is 0.370 e. The van der Waals surface area contributed by atoms with Crippen LogP contribution in [0.2, 0.25) is 0 Å². The summed E-state index contributed by atoms with van der Waals surface area (Å²) in [5.41, 5.74) is -3.68. The number of hydrogen-bond donors (Lipinski definition) is 2. The van der Waals surface area contributed by atoms with E-state index in [4.69, 9.17) is 12.2 Å². The van der Waals surface area contributed by atoms with Gasteiger partial charge in [-0.15, -0.1) is 0 Å². The molecule has 1 aromatic rings. The third kappa shape index (κ3) is 7.33. The number of carbonyl (C=O) groups excluding carboxylic acids is 1. The van der Waals surface area contributed by atoms with E-state index in [0.717, 1.165) is 13.1 Å². The van der Waals surface area contributed by atoms with Crippen molar-refractivity contribution in [3.63, 3.8) is 0 Å². The Kier molecular flexibility index (Phi) is 8.03. The second kappa shape index (κ2) is 9.36. The average molecular weight is 415 g/mol. The highest BCUT2D eigenvalue weighted by Crippen LogP contribution is 2.37. The van der Waals surface area contributed by atoms with E-state index in [1.165, 1.54) is 0 Å². The highest BCUT2D eigenvalue weighted by Gasteiger charge is 2.37. The molecule has 0 fully saturated rings. The zero-order valence-corrected chi connectivity index (χ0v) is 15.4. The molecule has 0 aliphatic heterocycles. The highest BCUT2D eigenvalue weighted by atomic mass is 32.1. The fourth-order valence-corrected chi connectivity index (χ4v) is 2.32. The normalized spacial score (nSPS) is 12.2. The van der Waals surface area contributed by atoms with Crippen molar-refractivity contribution in [2.45, 2.75) is 26.2 Å². The number of anilines is 1. The SMILES string of the molecule is CCN(CC)CCNC(=S)C(=O)Nc1cc(C(F)(F)F)cc(C(F)(F)F)c1.